The van der Waals surface area contributed by atoms with Gasteiger partial charge in [-0.3, -0.25) is 0 Å². The number of carbonyl (C=O) groups excluding carboxylic acids is 1. The predicted octanol–water partition coefficient (Wildman–Crippen LogP) is 1.09. The van der Waals surface area contributed by atoms with Gasteiger partial charge >= 0.3 is 1.43 Å². The van der Waals surface area contributed by atoms with E-state index in [-0.39, 0.29) is 13.3 Å². The van der Waals surface area contributed by atoms with E-state index in [1.54, 1.807) is 13.8 Å². The minimum absolute atomic E-state index is 0. The average Bonchev–Trinajstić information content (AvgIpc) is 1.25. The van der Waals surface area contributed by atoms with Gasteiger partial charge in [0.2, 0.25) is 0 Å². The van der Waals surface area contributed by atoms with Gasteiger partial charge in [-0.1, -0.05) is 0 Å². The number of hydrogen-bond acceptors (Lipinski definition) is 2. The van der Waals surface area contributed by atoms with Crippen LogP contribution in [0.3, 0.4) is 0 Å². The molecule has 0 aliphatic rings. The van der Waals surface area contributed by atoms with E-state index < -0.39 is 0 Å². The lowest BCUT2D eigenvalue weighted by Gasteiger charge is -1.80. The van der Waals surface area contributed by atoms with Crippen molar-refractivity contribution in [3.05, 3.63) is 0 Å². The van der Waals surface area contributed by atoms with Crippen molar-refractivity contribution in [2.45, 2.75) is 33.8 Å². The van der Waals surface area contributed by atoms with Crippen molar-refractivity contribution in [2.75, 3.05) is 0 Å². The van der Waals surface area contributed by atoms with Gasteiger partial charge in [0.25, 0.3) is 0 Å². The Kier molecular flexibility index (Phi) is 8.77. The summed E-state index contributed by atoms with van der Waals surface area (Å²) >= 11 is 0. The van der Waals surface area contributed by atoms with E-state index >= 15 is 0 Å². The number of aliphatic hydroxyl groups excluding tert-OH is 1. The second-order valence-corrected chi connectivity index (χ2v) is 2.00. The summed E-state index contributed by atoms with van der Waals surface area (Å²) < 4.78 is 0. The van der Waals surface area contributed by atoms with Crippen LogP contribution < -0.4 is 0 Å². The van der Waals surface area contributed by atoms with Crippen LogP contribution >= 0.6 is 0 Å². The Hall–Kier alpha value is -0.370. The number of rotatable bonds is 0. The molecule has 0 aliphatic heterocycles. The van der Waals surface area contributed by atoms with Crippen molar-refractivity contribution >= 4 is 5.78 Å². The number of Topliss-reactive ketones (excluding diaryl/α,β-unsaturated/α-hetero) is 1. The highest BCUT2D eigenvalue weighted by atomic mass is 16.3. The zero-order chi connectivity index (χ0) is 7.15. The van der Waals surface area contributed by atoms with Gasteiger partial charge in [-0.2, -0.15) is 0 Å². The van der Waals surface area contributed by atoms with Gasteiger partial charge in [0.15, 0.2) is 0 Å². The van der Waals surface area contributed by atoms with Crippen molar-refractivity contribution in [1.82, 2.24) is 0 Å². The Labute approximate surface area is 52.0 Å². The Morgan fingerprint density at radius 3 is 1.50 bits per heavy atom. The van der Waals surface area contributed by atoms with Crippen molar-refractivity contribution in [3.8, 4) is 0 Å². The number of carbonyl (C=O) groups is 1. The maximum absolute atomic E-state index is 9.44. The van der Waals surface area contributed by atoms with E-state index in [0.717, 1.165) is 0 Å². The van der Waals surface area contributed by atoms with Crippen LogP contribution in [0.4, 0.5) is 0 Å². The first-order valence-corrected chi connectivity index (χ1v) is 2.62. The summed E-state index contributed by atoms with van der Waals surface area (Å²) in [6.07, 6.45) is -0.167. The van der Waals surface area contributed by atoms with Gasteiger partial charge in [0, 0.05) is 6.10 Å². The minimum Gasteiger partial charge on any atom is -0.394 e. The molecule has 0 spiro atoms. The second kappa shape index (κ2) is 6.63. The van der Waals surface area contributed by atoms with Gasteiger partial charge in [0.05, 0.1) is 0 Å². The lowest BCUT2D eigenvalue weighted by atomic mass is 10.5. The van der Waals surface area contributed by atoms with Crippen molar-refractivity contribution in [2.24, 2.45) is 0 Å². The molecule has 0 aromatic rings. The van der Waals surface area contributed by atoms with Crippen molar-refractivity contribution in [1.29, 1.82) is 0 Å². The summed E-state index contributed by atoms with van der Waals surface area (Å²) in [4.78, 5) is 9.44. The first kappa shape index (κ1) is 10.6. The van der Waals surface area contributed by atoms with Gasteiger partial charge in [0.1, 0.15) is 5.78 Å². The molecule has 0 aromatic heterocycles. The largest absolute Gasteiger partial charge is 1.00 e. The maximum atomic E-state index is 9.44. The third-order valence-electron chi connectivity index (χ3n) is 0. The fourth-order valence-electron chi connectivity index (χ4n) is 0. The molecular weight excluding hydrogens is 104 g/mol. The van der Waals surface area contributed by atoms with Crippen LogP contribution in [-0.4, -0.2) is 17.0 Å². The molecule has 0 saturated carbocycles. The van der Waals surface area contributed by atoms with E-state index in [1.165, 1.54) is 13.8 Å². The fraction of sp³-hybridized carbons (Fsp3) is 0.833. The number of aliphatic hydroxyl groups is 1. The lowest BCUT2D eigenvalue weighted by Crippen LogP contribution is -1.85. The summed E-state index contributed by atoms with van der Waals surface area (Å²) in [7, 11) is 0. The van der Waals surface area contributed by atoms with Crippen LogP contribution in [-0.2, 0) is 4.79 Å². The molecule has 0 atom stereocenters. The normalized spacial score (nSPS) is 7.75. The van der Waals surface area contributed by atoms with Gasteiger partial charge in [-0.15, -0.1) is 0 Å². The van der Waals surface area contributed by atoms with Crippen LogP contribution in [0.2, 0.25) is 0 Å². The number of ketones is 1. The third kappa shape index (κ3) is 882. The molecule has 2 heteroatoms. The summed E-state index contributed by atoms with van der Waals surface area (Å²) in [5, 5.41) is 8.06. The second-order valence-electron chi connectivity index (χ2n) is 2.00. The first-order chi connectivity index (χ1) is 3.46. The monoisotopic (exact) mass is 119 g/mol. The molecule has 0 aromatic carbocycles. The number of hydrogen-bond donors (Lipinski definition) is 1. The SMILES string of the molecule is CC(C)=O.CC(C)O.[H+]. The molecule has 0 heterocycles. The van der Waals surface area contributed by atoms with E-state index in [1.807, 2.05) is 0 Å². The minimum atomic E-state index is -0.167. The molecule has 2 nitrogen and oxygen atoms in total. The van der Waals surface area contributed by atoms with Crippen LogP contribution in [0.5, 0.6) is 0 Å². The van der Waals surface area contributed by atoms with Crippen molar-refractivity contribution in [3.63, 3.8) is 0 Å². The molecule has 0 amide bonds. The fourth-order valence-corrected chi connectivity index (χ4v) is 0. The molecule has 0 fully saturated rings. The maximum Gasteiger partial charge on any atom is 1.00 e. The molecule has 0 radical (unpaired) electrons. The topological polar surface area (TPSA) is 37.3 Å². The molecule has 0 unspecified atom stereocenters. The Balaban J connectivity index is -0.0000000720. The Morgan fingerprint density at radius 2 is 1.50 bits per heavy atom. The van der Waals surface area contributed by atoms with Gasteiger partial charge < -0.3 is 9.90 Å². The standard InChI is InChI=1S/C3H8O.C3H6O/c2*1-3(2)4/h3-4H,1-2H3;1-2H3/p+1. The Bertz CT molecular complexity index is 55.3. The molecule has 8 heavy (non-hydrogen) atoms. The molecule has 1 N–H and O–H groups in total. The molecule has 50 valence electrons. The predicted molar refractivity (Wildman–Crippen MR) is 34.8 cm³/mol. The summed E-state index contributed by atoms with van der Waals surface area (Å²) in [6, 6.07) is 0. The highest BCUT2D eigenvalue weighted by Crippen LogP contribution is 1.65. The third-order valence-corrected chi connectivity index (χ3v) is 0. The highest BCUT2D eigenvalue weighted by Gasteiger charge is 1.69. The summed E-state index contributed by atoms with van der Waals surface area (Å²) in [5.41, 5.74) is 0. The molecule has 0 aliphatic carbocycles. The molecule has 0 rings (SSSR count). The van der Waals surface area contributed by atoms with Crippen LogP contribution in [0.1, 0.15) is 29.1 Å². The molecule has 0 saturated heterocycles. The van der Waals surface area contributed by atoms with E-state index in [9.17, 15) is 4.79 Å². The van der Waals surface area contributed by atoms with Gasteiger partial charge in [-0.25, -0.2) is 0 Å². The van der Waals surface area contributed by atoms with Crippen LogP contribution in [0.25, 0.3) is 0 Å². The Morgan fingerprint density at radius 1 is 1.50 bits per heavy atom. The van der Waals surface area contributed by atoms with Crippen LogP contribution in [0.15, 0.2) is 0 Å². The van der Waals surface area contributed by atoms with Crippen LogP contribution in [0, 0.1) is 0 Å². The zero-order valence-electron chi connectivity index (χ0n) is 6.93. The highest BCUT2D eigenvalue weighted by molar-refractivity contribution is 5.72. The van der Waals surface area contributed by atoms with E-state index in [2.05, 4.69) is 0 Å². The molecule has 0 bridgehead atoms. The summed E-state index contributed by atoms with van der Waals surface area (Å²) in [5.74, 6) is 0.167. The van der Waals surface area contributed by atoms with Crippen molar-refractivity contribution < 1.29 is 11.3 Å². The van der Waals surface area contributed by atoms with E-state index in [0.29, 0.717) is 0 Å². The lowest BCUT2D eigenvalue weighted by molar-refractivity contribution is -0.114. The smallest absolute Gasteiger partial charge is 0.394 e. The quantitative estimate of drug-likeness (QED) is 0.518. The van der Waals surface area contributed by atoms with Gasteiger partial charge in [-0.05, 0) is 27.7 Å². The zero-order valence-corrected chi connectivity index (χ0v) is 5.93. The first-order valence-electron chi connectivity index (χ1n) is 2.62. The summed E-state index contributed by atoms with van der Waals surface area (Å²) in [6.45, 7) is 6.50. The average molecular weight is 119 g/mol. The van der Waals surface area contributed by atoms with E-state index in [4.69, 9.17) is 5.11 Å². The molecular formula is C6H15O2+.